The quantitative estimate of drug-likeness (QED) is 0.117. The monoisotopic (exact) mass is 800 g/mol. The van der Waals surface area contributed by atoms with Crippen LogP contribution in [0.2, 0.25) is 0 Å². The van der Waals surface area contributed by atoms with Gasteiger partial charge in [0.25, 0.3) is 0 Å². The Bertz CT molecular complexity index is 3110. The molecule has 11 rings (SSSR count). The maximum Gasteiger partial charge on any atom is 0.0647 e. The number of anilines is 2. The molecule has 7 aromatic carbocycles. The molecule has 1 aromatic heterocycles. The maximum atomic E-state index is 6.66. The van der Waals surface area contributed by atoms with Gasteiger partial charge in [-0.1, -0.05) is 164 Å². The molecule has 2 aliphatic carbocycles. The minimum absolute atomic E-state index is 0.254. The van der Waals surface area contributed by atoms with Crippen LogP contribution in [0.3, 0.4) is 0 Å². The number of para-hydroxylation sites is 4. The molecule has 0 fully saturated rings. The molecule has 0 saturated heterocycles. The molecule has 4 nitrogen and oxygen atoms in total. The summed E-state index contributed by atoms with van der Waals surface area (Å²) in [6.45, 7) is 0.562. The van der Waals surface area contributed by atoms with Crippen molar-refractivity contribution in [1.29, 1.82) is 0 Å². The van der Waals surface area contributed by atoms with Crippen molar-refractivity contribution in [2.75, 3.05) is 4.90 Å². The summed E-state index contributed by atoms with van der Waals surface area (Å²) in [5.41, 5.74) is 24.2. The van der Waals surface area contributed by atoms with E-state index in [-0.39, 0.29) is 6.04 Å². The molecule has 2 unspecified atom stereocenters. The highest BCUT2D eigenvalue weighted by Crippen LogP contribution is 2.53. The Hall–Kier alpha value is -7.43. The molecule has 0 amide bonds. The van der Waals surface area contributed by atoms with E-state index in [1.807, 2.05) is 18.2 Å². The van der Waals surface area contributed by atoms with Crippen molar-refractivity contribution in [2.24, 2.45) is 10.7 Å². The minimum atomic E-state index is 0.254. The molecule has 0 saturated carbocycles. The van der Waals surface area contributed by atoms with Crippen molar-refractivity contribution < 1.29 is 0 Å². The average Bonchev–Trinajstić information content (AvgIpc) is 3.87. The minimum Gasteiger partial charge on any atom is -0.398 e. The van der Waals surface area contributed by atoms with E-state index in [9.17, 15) is 0 Å². The fraction of sp³-hybridized carbons (Fsp3) is 0.121. The summed E-state index contributed by atoms with van der Waals surface area (Å²) in [6, 6.07) is 61.9. The third-order valence-electron chi connectivity index (χ3n) is 13.0. The second-order valence-corrected chi connectivity index (χ2v) is 16.7. The number of hydrogen-bond donors (Lipinski definition) is 1. The van der Waals surface area contributed by atoms with Crippen LogP contribution < -0.4 is 10.6 Å². The van der Waals surface area contributed by atoms with Gasteiger partial charge < -0.3 is 15.2 Å². The second-order valence-electron chi connectivity index (χ2n) is 16.7. The molecule has 300 valence electrons. The van der Waals surface area contributed by atoms with Crippen LogP contribution in [0, 0.1) is 0 Å². The summed E-state index contributed by atoms with van der Waals surface area (Å²) >= 11 is 0. The number of rotatable bonds is 9. The van der Waals surface area contributed by atoms with Gasteiger partial charge in [-0.25, -0.2) is 0 Å². The fourth-order valence-corrected chi connectivity index (χ4v) is 10.1. The molecular formula is C58H48N4. The van der Waals surface area contributed by atoms with Crippen molar-refractivity contribution in [2.45, 2.75) is 44.2 Å². The summed E-state index contributed by atoms with van der Waals surface area (Å²) in [5.74, 6) is 0.431. The molecule has 1 aliphatic heterocycles. The number of aliphatic imine (C=N–C) groups is 1. The number of benzene rings is 7. The Balaban J connectivity index is 0.967. The van der Waals surface area contributed by atoms with Gasteiger partial charge in [0.05, 0.1) is 35.0 Å². The average molecular weight is 801 g/mol. The van der Waals surface area contributed by atoms with E-state index < -0.39 is 0 Å². The lowest BCUT2D eigenvalue weighted by atomic mass is 9.86. The maximum absolute atomic E-state index is 6.66. The predicted molar refractivity (Wildman–Crippen MR) is 261 cm³/mol. The number of nitrogens with two attached hydrogens (primary N) is 1. The Morgan fingerprint density at radius 1 is 0.661 bits per heavy atom. The Kier molecular flexibility index (Phi) is 9.82. The predicted octanol–water partition coefficient (Wildman–Crippen LogP) is 14.3. The SMILES string of the molecule is N/C(=C\C(=N/Cc1cccc(-c2cccc3c2N(c2ccc(-c4cccc5c6ccccc6n(-c6ccccc6)c45)cc2)C2C=CCCC32)c1)C1=CC=CCC1)c1ccccc1. The first-order chi connectivity index (χ1) is 30.7. The topological polar surface area (TPSA) is 46.5 Å². The van der Waals surface area contributed by atoms with Crippen molar-refractivity contribution in [3.05, 3.63) is 229 Å². The molecule has 3 aliphatic rings. The lowest BCUT2D eigenvalue weighted by Gasteiger charge is -2.31. The van der Waals surface area contributed by atoms with Gasteiger partial charge in [-0.05, 0) is 102 Å². The normalized spacial score (nSPS) is 17.4. The number of nitrogens with zero attached hydrogens (tertiary/aromatic N) is 3. The summed E-state index contributed by atoms with van der Waals surface area (Å²) in [6.07, 6.45) is 17.6. The van der Waals surface area contributed by atoms with Gasteiger partial charge in [0.1, 0.15) is 0 Å². The first-order valence-electron chi connectivity index (χ1n) is 22.0. The molecule has 4 heteroatoms. The summed E-state index contributed by atoms with van der Waals surface area (Å²) in [5, 5.41) is 2.53. The Morgan fingerprint density at radius 3 is 2.26 bits per heavy atom. The number of aromatic nitrogens is 1. The fourth-order valence-electron chi connectivity index (χ4n) is 10.1. The summed E-state index contributed by atoms with van der Waals surface area (Å²) in [7, 11) is 0. The van der Waals surface area contributed by atoms with Crippen LogP contribution in [0.25, 0.3) is 55.4 Å². The zero-order valence-corrected chi connectivity index (χ0v) is 34.7. The lowest BCUT2D eigenvalue weighted by molar-refractivity contribution is 0.573. The lowest BCUT2D eigenvalue weighted by Crippen LogP contribution is -2.29. The molecular weight excluding hydrogens is 753 g/mol. The molecule has 0 bridgehead atoms. The van der Waals surface area contributed by atoms with Crippen LogP contribution >= 0.6 is 0 Å². The van der Waals surface area contributed by atoms with Crippen LogP contribution in [-0.2, 0) is 6.54 Å². The van der Waals surface area contributed by atoms with E-state index >= 15 is 0 Å². The van der Waals surface area contributed by atoms with Gasteiger partial charge in [0, 0.05) is 44.9 Å². The van der Waals surface area contributed by atoms with E-state index in [0.717, 1.165) is 42.7 Å². The summed E-state index contributed by atoms with van der Waals surface area (Å²) < 4.78 is 2.43. The van der Waals surface area contributed by atoms with Gasteiger partial charge in [0.2, 0.25) is 0 Å². The van der Waals surface area contributed by atoms with E-state index in [2.05, 4.69) is 198 Å². The molecule has 2 N–H and O–H groups in total. The van der Waals surface area contributed by atoms with E-state index in [4.69, 9.17) is 10.7 Å². The highest BCUT2D eigenvalue weighted by atomic mass is 15.2. The smallest absolute Gasteiger partial charge is 0.0647 e. The van der Waals surface area contributed by atoms with E-state index in [0.29, 0.717) is 12.5 Å². The van der Waals surface area contributed by atoms with Crippen molar-refractivity contribution in [1.82, 2.24) is 4.57 Å². The molecule has 2 atom stereocenters. The number of fused-ring (bicyclic) bond motifs is 6. The third-order valence-corrected chi connectivity index (χ3v) is 13.0. The van der Waals surface area contributed by atoms with Crippen LogP contribution in [0.5, 0.6) is 0 Å². The molecule has 0 radical (unpaired) electrons. The standard InChI is InChI=1S/C58H48N4/c59-53(42-18-4-1-5-19-42)38-54(43-20-6-2-7-21-43)60-39-40-17-14-22-44(37-40)48-28-16-30-52-50-26-11-13-32-56(50)62(58(48)52)46-35-33-41(34-36-46)47-27-15-29-51-49-25-10-12-31-55(49)61(57(47)51)45-23-8-3-9-24-45/h1-6,8-10,12-20,22-25,27-38,50,56H,7,11,21,26,39,59H2/b53-38-,60-54+. The van der Waals surface area contributed by atoms with E-state index in [1.165, 1.54) is 77.8 Å². The van der Waals surface area contributed by atoms with Crippen LogP contribution in [0.15, 0.2) is 217 Å². The van der Waals surface area contributed by atoms with Crippen LogP contribution in [0.4, 0.5) is 11.4 Å². The van der Waals surface area contributed by atoms with Crippen molar-refractivity contribution >= 4 is 44.6 Å². The molecule has 2 heterocycles. The van der Waals surface area contributed by atoms with Crippen LogP contribution in [0.1, 0.15) is 48.3 Å². The number of allylic oxidation sites excluding steroid dienone is 6. The second kappa shape index (κ2) is 16.2. The van der Waals surface area contributed by atoms with Gasteiger partial charge in [0.15, 0.2) is 0 Å². The van der Waals surface area contributed by atoms with Crippen LogP contribution in [-0.4, -0.2) is 16.3 Å². The Labute approximate surface area is 364 Å². The molecule has 0 spiro atoms. The zero-order valence-electron chi connectivity index (χ0n) is 34.7. The van der Waals surface area contributed by atoms with Gasteiger partial charge in [-0.15, -0.1) is 0 Å². The Morgan fingerprint density at radius 2 is 1.42 bits per heavy atom. The van der Waals surface area contributed by atoms with E-state index in [1.54, 1.807) is 0 Å². The highest BCUT2D eigenvalue weighted by molar-refractivity contribution is 6.14. The van der Waals surface area contributed by atoms with Crippen molar-refractivity contribution in [3.63, 3.8) is 0 Å². The van der Waals surface area contributed by atoms with Gasteiger partial charge in [-0.2, -0.15) is 0 Å². The summed E-state index contributed by atoms with van der Waals surface area (Å²) in [4.78, 5) is 7.85. The van der Waals surface area contributed by atoms with Crippen molar-refractivity contribution in [3.8, 4) is 27.9 Å². The largest absolute Gasteiger partial charge is 0.398 e. The molecule has 8 aromatic rings. The van der Waals surface area contributed by atoms with Gasteiger partial charge in [-0.3, -0.25) is 4.99 Å². The third kappa shape index (κ3) is 6.78. The van der Waals surface area contributed by atoms with Gasteiger partial charge >= 0.3 is 0 Å². The highest BCUT2D eigenvalue weighted by Gasteiger charge is 2.40. The first kappa shape index (κ1) is 37.6. The molecule has 62 heavy (non-hydrogen) atoms. The zero-order chi connectivity index (χ0) is 41.4. The first-order valence-corrected chi connectivity index (χ1v) is 22.0. The number of hydrogen-bond acceptors (Lipinski definition) is 3.